The maximum Gasteiger partial charge on any atom is 0.140 e. The van der Waals surface area contributed by atoms with Gasteiger partial charge >= 0.3 is 0 Å². The van der Waals surface area contributed by atoms with Gasteiger partial charge in [-0.05, 0) is 23.8 Å². The van der Waals surface area contributed by atoms with Crippen molar-refractivity contribution < 1.29 is 10.2 Å². The fourth-order valence-electron chi connectivity index (χ4n) is 2.53. The van der Waals surface area contributed by atoms with Gasteiger partial charge in [0.05, 0.1) is 12.6 Å². The van der Waals surface area contributed by atoms with E-state index in [-0.39, 0.29) is 12.6 Å². The molecule has 4 nitrogen and oxygen atoms in total. The van der Waals surface area contributed by atoms with Crippen molar-refractivity contribution in [2.45, 2.75) is 12.1 Å². The smallest absolute Gasteiger partial charge is 0.140 e. The van der Waals surface area contributed by atoms with Crippen LogP contribution in [0.1, 0.15) is 11.6 Å². The van der Waals surface area contributed by atoms with Gasteiger partial charge in [-0.1, -0.05) is 30.3 Å². The summed E-state index contributed by atoms with van der Waals surface area (Å²) in [6.07, 6.45) is 2.75. The summed E-state index contributed by atoms with van der Waals surface area (Å²) in [5, 5.41) is 20.6. The lowest BCUT2D eigenvalue weighted by Crippen LogP contribution is -2.28. The Hall–Kier alpha value is -2.17. The van der Waals surface area contributed by atoms with Crippen LogP contribution in [-0.2, 0) is 0 Å². The Morgan fingerprint density at radius 3 is 2.60 bits per heavy atom. The second kappa shape index (κ2) is 5.45. The number of pyridine rings is 1. The van der Waals surface area contributed by atoms with E-state index in [9.17, 15) is 10.2 Å². The average Bonchev–Trinajstić information content (AvgIpc) is 2.92. The minimum Gasteiger partial charge on any atom is -0.394 e. The predicted molar refractivity (Wildman–Crippen MR) is 77.4 cm³/mol. The Morgan fingerprint density at radius 2 is 1.85 bits per heavy atom. The molecule has 0 radical (unpaired) electrons. The van der Waals surface area contributed by atoms with Gasteiger partial charge in [0.1, 0.15) is 11.8 Å². The lowest BCUT2D eigenvalue weighted by atomic mass is 10.0. The highest BCUT2D eigenvalue weighted by atomic mass is 16.3. The lowest BCUT2D eigenvalue weighted by Gasteiger charge is -2.24. The third-order valence-electron chi connectivity index (χ3n) is 3.47. The Kier molecular flexibility index (Phi) is 3.50. The molecule has 102 valence electrons. The van der Waals surface area contributed by atoms with Gasteiger partial charge in [-0.2, -0.15) is 0 Å². The molecule has 3 aromatic rings. The van der Waals surface area contributed by atoms with Crippen molar-refractivity contribution in [3.05, 3.63) is 66.5 Å². The van der Waals surface area contributed by atoms with Gasteiger partial charge in [0.15, 0.2) is 0 Å². The molecule has 0 amide bonds. The van der Waals surface area contributed by atoms with Crippen LogP contribution < -0.4 is 0 Å². The van der Waals surface area contributed by atoms with Crippen LogP contribution in [0.25, 0.3) is 11.0 Å². The number of nitrogens with zero attached hydrogens (tertiary/aromatic N) is 2. The molecule has 0 saturated carbocycles. The minimum atomic E-state index is -0.880. The number of hydrogen-bond donors (Lipinski definition) is 2. The Bertz CT molecular complexity index is 694. The van der Waals surface area contributed by atoms with E-state index in [0.717, 1.165) is 16.6 Å². The van der Waals surface area contributed by atoms with Crippen molar-refractivity contribution in [3.8, 4) is 0 Å². The van der Waals surface area contributed by atoms with Gasteiger partial charge in [-0.25, -0.2) is 4.98 Å². The van der Waals surface area contributed by atoms with E-state index < -0.39 is 6.10 Å². The standard InChI is InChI=1S/C16H16N2O2/c19-11-14(20)15(12-5-2-1-3-6-12)18-10-8-13-7-4-9-17-16(13)18/h1-10,14-15,19-20H,11H2/t14-,15+/m1/s1. The van der Waals surface area contributed by atoms with Crippen LogP contribution in [0.4, 0.5) is 0 Å². The maximum atomic E-state index is 10.2. The van der Waals surface area contributed by atoms with E-state index in [4.69, 9.17) is 0 Å². The van der Waals surface area contributed by atoms with Crippen molar-refractivity contribution in [1.82, 2.24) is 9.55 Å². The molecule has 2 N–H and O–H groups in total. The fraction of sp³-hybridized carbons (Fsp3) is 0.188. The van der Waals surface area contributed by atoms with Gasteiger partial charge in [-0.3, -0.25) is 0 Å². The third kappa shape index (κ3) is 2.19. The summed E-state index contributed by atoms with van der Waals surface area (Å²) in [7, 11) is 0. The summed E-state index contributed by atoms with van der Waals surface area (Å²) >= 11 is 0. The molecule has 0 bridgehead atoms. The molecular weight excluding hydrogens is 252 g/mol. The van der Waals surface area contributed by atoms with Gasteiger partial charge in [-0.15, -0.1) is 0 Å². The van der Waals surface area contributed by atoms with Crippen LogP contribution >= 0.6 is 0 Å². The molecule has 2 aromatic heterocycles. The number of aromatic nitrogens is 2. The quantitative estimate of drug-likeness (QED) is 0.760. The fourth-order valence-corrected chi connectivity index (χ4v) is 2.53. The molecule has 4 heteroatoms. The second-order valence-corrected chi connectivity index (χ2v) is 4.74. The van der Waals surface area contributed by atoms with Crippen LogP contribution in [-0.4, -0.2) is 32.5 Å². The van der Waals surface area contributed by atoms with Crippen molar-refractivity contribution in [2.24, 2.45) is 0 Å². The van der Waals surface area contributed by atoms with Crippen molar-refractivity contribution in [3.63, 3.8) is 0 Å². The molecule has 2 heterocycles. The first-order valence-electron chi connectivity index (χ1n) is 6.56. The average molecular weight is 268 g/mol. The molecule has 0 fully saturated rings. The summed E-state index contributed by atoms with van der Waals surface area (Å²) in [5.41, 5.74) is 1.74. The molecule has 0 unspecified atom stereocenters. The predicted octanol–water partition coefficient (Wildman–Crippen LogP) is 1.98. The normalized spacial score (nSPS) is 14.3. The van der Waals surface area contributed by atoms with E-state index in [1.807, 2.05) is 59.3 Å². The summed E-state index contributed by atoms with van der Waals surface area (Å²) < 4.78 is 1.91. The third-order valence-corrected chi connectivity index (χ3v) is 3.47. The minimum absolute atomic E-state index is 0.300. The van der Waals surface area contributed by atoms with Crippen LogP contribution in [0.3, 0.4) is 0 Å². The van der Waals surface area contributed by atoms with Crippen molar-refractivity contribution in [1.29, 1.82) is 0 Å². The SMILES string of the molecule is OC[C@@H](O)[C@H](c1ccccc1)n1ccc2cccnc21. The maximum absolute atomic E-state index is 10.2. The first-order valence-corrected chi connectivity index (χ1v) is 6.56. The topological polar surface area (TPSA) is 58.3 Å². The first kappa shape index (κ1) is 12.8. The van der Waals surface area contributed by atoms with Crippen molar-refractivity contribution in [2.75, 3.05) is 6.61 Å². The summed E-state index contributed by atoms with van der Waals surface area (Å²) in [6.45, 7) is -0.300. The molecule has 2 atom stereocenters. The van der Waals surface area contributed by atoms with Gasteiger partial charge in [0, 0.05) is 17.8 Å². The van der Waals surface area contributed by atoms with E-state index >= 15 is 0 Å². The highest BCUT2D eigenvalue weighted by Crippen LogP contribution is 2.26. The summed E-state index contributed by atoms with van der Waals surface area (Å²) in [5.74, 6) is 0. The summed E-state index contributed by atoms with van der Waals surface area (Å²) in [6, 6.07) is 15.1. The molecule has 3 rings (SSSR count). The molecule has 1 aromatic carbocycles. The number of fused-ring (bicyclic) bond motifs is 1. The number of aliphatic hydroxyl groups excluding tert-OH is 2. The van der Waals surface area contributed by atoms with E-state index in [1.54, 1.807) is 6.20 Å². The number of hydrogen-bond acceptors (Lipinski definition) is 3. The molecular formula is C16H16N2O2. The molecule has 0 aliphatic heterocycles. The summed E-state index contributed by atoms with van der Waals surface area (Å²) in [4.78, 5) is 4.37. The Labute approximate surface area is 116 Å². The highest BCUT2D eigenvalue weighted by molar-refractivity contribution is 5.76. The highest BCUT2D eigenvalue weighted by Gasteiger charge is 2.23. The number of rotatable bonds is 4. The Morgan fingerprint density at radius 1 is 1.05 bits per heavy atom. The molecule has 0 aliphatic carbocycles. The number of aliphatic hydroxyl groups is 2. The van der Waals surface area contributed by atoms with Crippen molar-refractivity contribution >= 4 is 11.0 Å². The van der Waals surface area contributed by atoms with E-state index in [2.05, 4.69) is 4.98 Å². The largest absolute Gasteiger partial charge is 0.394 e. The van der Waals surface area contributed by atoms with Gasteiger partial charge in [0.25, 0.3) is 0 Å². The zero-order chi connectivity index (χ0) is 13.9. The van der Waals surface area contributed by atoms with Crippen LogP contribution in [0.15, 0.2) is 60.9 Å². The van der Waals surface area contributed by atoms with E-state index in [1.165, 1.54) is 0 Å². The van der Waals surface area contributed by atoms with Crippen LogP contribution in [0.5, 0.6) is 0 Å². The monoisotopic (exact) mass is 268 g/mol. The van der Waals surface area contributed by atoms with E-state index in [0.29, 0.717) is 0 Å². The first-order chi connectivity index (χ1) is 9.81. The van der Waals surface area contributed by atoms with Gasteiger partial charge < -0.3 is 14.8 Å². The van der Waals surface area contributed by atoms with Crippen LogP contribution in [0.2, 0.25) is 0 Å². The number of benzene rings is 1. The van der Waals surface area contributed by atoms with Gasteiger partial charge in [0.2, 0.25) is 0 Å². The van der Waals surface area contributed by atoms with Crippen LogP contribution in [0, 0.1) is 0 Å². The Balaban J connectivity index is 2.15. The second-order valence-electron chi connectivity index (χ2n) is 4.74. The molecule has 0 aliphatic rings. The zero-order valence-electron chi connectivity index (χ0n) is 10.9. The molecule has 0 spiro atoms. The lowest BCUT2D eigenvalue weighted by molar-refractivity contribution is 0.0652. The zero-order valence-corrected chi connectivity index (χ0v) is 10.9. The molecule has 0 saturated heterocycles. The molecule has 20 heavy (non-hydrogen) atoms.